The van der Waals surface area contributed by atoms with Gasteiger partial charge >= 0.3 is 0 Å². The average molecular weight is 450 g/mol. The summed E-state index contributed by atoms with van der Waals surface area (Å²) in [5.41, 5.74) is 1.03. The number of nitrogens with one attached hydrogen (secondary N) is 1. The van der Waals surface area contributed by atoms with Crippen LogP contribution in [0.1, 0.15) is 48.9 Å². The summed E-state index contributed by atoms with van der Waals surface area (Å²) in [5, 5.41) is 4.08. The van der Waals surface area contributed by atoms with Gasteiger partial charge in [-0.15, -0.1) is 0 Å². The second kappa shape index (κ2) is 10.6. The molecule has 166 valence electrons. The van der Waals surface area contributed by atoms with Gasteiger partial charge in [0.15, 0.2) is 10.9 Å². The predicted octanol–water partition coefficient (Wildman–Crippen LogP) is 4.21. The van der Waals surface area contributed by atoms with Crippen LogP contribution in [0, 0.1) is 0 Å². The highest BCUT2D eigenvalue weighted by Crippen LogP contribution is 2.20. The monoisotopic (exact) mass is 449 g/mol. The molecule has 0 aliphatic heterocycles. The van der Waals surface area contributed by atoms with Crippen molar-refractivity contribution >= 4 is 34.4 Å². The van der Waals surface area contributed by atoms with Gasteiger partial charge in [0.2, 0.25) is 5.91 Å². The zero-order valence-electron chi connectivity index (χ0n) is 18.0. The molecule has 1 heterocycles. The highest BCUT2D eigenvalue weighted by molar-refractivity contribution is 7.99. The van der Waals surface area contributed by atoms with Gasteiger partial charge in [-0.05, 0) is 25.0 Å². The fraction of sp³-hybridized carbons (Fsp3) is 0.360. The number of ketones is 1. The number of rotatable bonds is 8. The van der Waals surface area contributed by atoms with Gasteiger partial charge in [-0.25, -0.2) is 4.98 Å². The minimum atomic E-state index is -0.185. The number of carbonyl (C=O) groups excluding carboxylic acids is 2. The van der Waals surface area contributed by atoms with E-state index >= 15 is 0 Å². The SMILES string of the molecule is O=C(CCn1c(SCC(=O)c2ccccc2)nc2ccccc2c1=O)NC1CCCCC1. The summed E-state index contributed by atoms with van der Waals surface area (Å²) in [6.45, 7) is 0.233. The number of benzene rings is 2. The molecule has 0 bridgehead atoms. The Balaban J connectivity index is 1.51. The fourth-order valence-electron chi connectivity index (χ4n) is 4.05. The normalized spacial score (nSPS) is 14.4. The number of carbonyl (C=O) groups is 2. The molecule has 1 saturated carbocycles. The summed E-state index contributed by atoms with van der Waals surface area (Å²) in [7, 11) is 0. The van der Waals surface area contributed by atoms with Crippen LogP contribution in [-0.2, 0) is 11.3 Å². The molecular formula is C25H27N3O3S. The van der Waals surface area contributed by atoms with Crippen LogP contribution in [0.25, 0.3) is 10.9 Å². The van der Waals surface area contributed by atoms with E-state index in [4.69, 9.17) is 0 Å². The first-order chi connectivity index (χ1) is 15.6. The summed E-state index contributed by atoms with van der Waals surface area (Å²) < 4.78 is 1.53. The van der Waals surface area contributed by atoms with Crippen molar-refractivity contribution in [2.24, 2.45) is 0 Å². The number of amides is 1. The van der Waals surface area contributed by atoms with E-state index < -0.39 is 0 Å². The molecular weight excluding hydrogens is 422 g/mol. The number of Topliss-reactive ketones (excluding diaryl/α,β-unsaturated/α-hetero) is 1. The maximum atomic E-state index is 13.2. The van der Waals surface area contributed by atoms with Gasteiger partial charge in [-0.1, -0.05) is 73.5 Å². The van der Waals surface area contributed by atoms with Gasteiger partial charge in [0, 0.05) is 24.6 Å². The molecule has 1 N–H and O–H groups in total. The lowest BCUT2D eigenvalue weighted by molar-refractivity contribution is -0.122. The minimum Gasteiger partial charge on any atom is -0.353 e. The summed E-state index contributed by atoms with van der Waals surface area (Å²) in [6.07, 6.45) is 5.77. The average Bonchev–Trinajstić information content (AvgIpc) is 2.83. The molecule has 1 aliphatic carbocycles. The van der Waals surface area contributed by atoms with Crippen molar-refractivity contribution in [3.8, 4) is 0 Å². The van der Waals surface area contributed by atoms with Gasteiger partial charge in [-0.3, -0.25) is 19.0 Å². The van der Waals surface area contributed by atoms with E-state index in [9.17, 15) is 14.4 Å². The molecule has 7 heteroatoms. The minimum absolute atomic E-state index is 0.0281. The summed E-state index contributed by atoms with van der Waals surface area (Å²) in [6, 6.07) is 16.5. The second-order valence-corrected chi connectivity index (χ2v) is 9.04. The molecule has 1 aromatic heterocycles. The van der Waals surface area contributed by atoms with E-state index in [0.29, 0.717) is 21.6 Å². The Labute approximate surface area is 191 Å². The van der Waals surface area contributed by atoms with E-state index in [2.05, 4.69) is 10.3 Å². The van der Waals surface area contributed by atoms with E-state index in [0.717, 1.165) is 25.7 Å². The van der Waals surface area contributed by atoms with E-state index in [1.165, 1.54) is 22.7 Å². The molecule has 32 heavy (non-hydrogen) atoms. The lowest BCUT2D eigenvalue weighted by atomic mass is 9.95. The highest BCUT2D eigenvalue weighted by atomic mass is 32.2. The Morgan fingerprint density at radius 2 is 1.72 bits per heavy atom. The molecule has 6 nitrogen and oxygen atoms in total. The van der Waals surface area contributed by atoms with Gasteiger partial charge < -0.3 is 5.32 Å². The zero-order valence-corrected chi connectivity index (χ0v) is 18.8. The van der Waals surface area contributed by atoms with Crippen LogP contribution in [0.5, 0.6) is 0 Å². The Morgan fingerprint density at radius 3 is 2.50 bits per heavy atom. The number of hydrogen-bond acceptors (Lipinski definition) is 5. The molecule has 0 saturated heterocycles. The maximum absolute atomic E-state index is 13.2. The molecule has 0 spiro atoms. The summed E-state index contributed by atoms with van der Waals surface area (Å²) >= 11 is 1.24. The molecule has 0 unspecified atom stereocenters. The molecule has 1 aliphatic rings. The van der Waals surface area contributed by atoms with Crippen molar-refractivity contribution in [2.75, 3.05) is 5.75 Å². The predicted molar refractivity (Wildman–Crippen MR) is 127 cm³/mol. The number of fused-ring (bicyclic) bond motifs is 1. The van der Waals surface area contributed by atoms with Crippen LogP contribution in [0.4, 0.5) is 0 Å². The number of para-hydroxylation sites is 1. The van der Waals surface area contributed by atoms with Crippen LogP contribution >= 0.6 is 11.8 Å². The number of thioether (sulfide) groups is 1. The third kappa shape index (κ3) is 5.46. The van der Waals surface area contributed by atoms with Crippen molar-refractivity contribution in [3.05, 3.63) is 70.5 Å². The van der Waals surface area contributed by atoms with Gasteiger partial charge in [0.1, 0.15) is 0 Å². The standard InChI is InChI=1S/C25H27N3O3S/c29-22(18-9-3-1-4-10-18)17-32-25-27-21-14-8-7-13-20(21)24(31)28(25)16-15-23(30)26-19-11-5-2-6-12-19/h1,3-4,7-10,13-14,19H,2,5-6,11-12,15-17H2,(H,26,30). The lowest BCUT2D eigenvalue weighted by Crippen LogP contribution is -2.37. The van der Waals surface area contributed by atoms with Crippen LogP contribution in [0.3, 0.4) is 0 Å². The fourth-order valence-corrected chi connectivity index (χ4v) is 4.97. The first-order valence-electron chi connectivity index (χ1n) is 11.1. The summed E-state index contributed by atoms with van der Waals surface area (Å²) in [5.74, 6) is 0.0937. The van der Waals surface area contributed by atoms with Crippen molar-refractivity contribution in [2.45, 2.75) is 56.3 Å². The lowest BCUT2D eigenvalue weighted by Gasteiger charge is -2.23. The Bertz CT molecular complexity index is 1150. The van der Waals surface area contributed by atoms with Crippen molar-refractivity contribution in [1.29, 1.82) is 0 Å². The number of hydrogen-bond donors (Lipinski definition) is 1. The third-order valence-corrected chi connectivity index (χ3v) is 6.76. The smallest absolute Gasteiger partial charge is 0.262 e. The van der Waals surface area contributed by atoms with Gasteiger partial charge in [0.05, 0.1) is 16.7 Å². The molecule has 4 rings (SSSR count). The number of aromatic nitrogens is 2. The third-order valence-electron chi connectivity index (χ3n) is 5.79. The van der Waals surface area contributed by atoms with Crippen molar-refractivity contribution < 1.29 is 9.59 Å². The first kappa shape index (κ1) is 22.3. The molecule has 3 aromatic rings. The zero-order chi connectivity index (χ0) is 22.3. The van der Waals surface area contributed by atoms with Crippen molar-refractivity contribution in [1.82, 2.24) is 14.9 Å². The highest BCUT2D eigenvalue weighted by Gasteiger charge is 2.18. The largest absolute Gasteiger partial charge is 0.353 e. The Kier molecular flexibility index (Phi) is 7.37. The van der Waals surface area contributed by atoms with Gasteiger partial charge in [0.25, 0.3) is 5.56 Å². The Morgan fingerprint density at radius 1 is 1.00 bits per heavy atom. The molecule has 0 radical (unpaired) electrons. The number of nitrogens with zero attached hydrogens (tertiary/aromatic N) is 2. The molecule has 0 atom stereocenters. The van der Waals surface area contributed by atoms with E-state index in [-0.39, 0.29) is 42.0 Å². The van der Waals surface area contributed by atoms with Crippen molar-refractivity contribution in [3.63, 3.8) is 0 Å². The first-order valence-corrected chi connectivity index (χ1v) is 12.1. The van der Waals surface area contributed by atoms with E-state index in [1.54, 1.807) is 30.3 Å². The van der Waals surface area contributed by atoms with Crippen LogP contribution in [0.15, 0.2) is 64.5 Å². The molecule has 1 amide bonds. The topological polar surface area (TPSA) is 81.1 Å². The summed E-state index contributed by atoms with van der Waals surface area (Å²) in [4.78, 5) is 42.9. The van der Waals surface area contributed by atoms with E-state index in [1.807, 2.05) is 24.3 Å². The van der Waals surface area contributed by atoms with Crippen LogP contribution in [0.2, 0.25) is 0 Å². The Hall–Kier alpha value is -2.93. The molecule has 1 fully saturated rings. The quantitative estimate of drug-likeness (QED) is 0.317. The maximum Gasteiger partial charge on any atom is 0.262 e. The second-order valence-electron chi connectivity index (χ2n) is 8.10. The van der Waals surface area contributed by atoms with Gasteiger partial charge in [-0.2, -0.15) is 0 Å². The molecule has 2 aromatic carbocycles. The van der Waals surface area contributed by atoms with Crippen LogP contribution < -0.4 is 10.9 Å². The van der Waals surface area contributed by atoms with Crippen LogP contribution in [-0.4, -0.2) is 33.0 Å².